The quantitative estimate of drug-likeness (QED) is 0.00590. The Kier molecular flexibility index (Phi) is 45.4. The molecule has 2 fully saturated rings. The maximum Gasteiger partial charge on any atom is 1.00 e. The number of hydrogen-bond donors (Lipinski definition) is 9. The Balaban J connectivity index is 0.000000660. The van der Waals surface area contributed by atoms with Crippen molar-refractivity contribution in [2.24, 2.45) is 5.92 Å². The third kappa shape index (κ3) is 26.1. The van der Waals surface area contributed by atoms with Crippen LogP contribution in [0.2, 0.25) is 0 Å². The molecule has 0 bridgehead atoms. The molecule has 4 aliphatic rings. The second kappa shape index (κ2) is 48.3. The topological polar surface area (TPSA) is 429 Å². The van der Waals surface area contributed by atoms with Crippen LogP contribution in [0.15, 0.2) is 97.1 Å². The number of ketones is 1. The van der Waals surface area contributed by atoms with E-state index in [4.69, 9.17) is 81.4 Å². The van der Waals surface area contributed by atoms with Gasteiger partial charge in [0.25, 0.3) is 21.2 Å². The number of carbonyl (C=O) groups excluding carboxylic acids is 3. The molecule has 4 aromatic rings. The van der Waals surface area contributed by atoms with Crippen molar-refractivity contribution in [3.05, 3.63) is 97.1 Å². The summed E-state index contributed by atoms with van der Waals surface area (Å²) in [6.07, 6.45) is -15.8. The van der Waals surface area contributed by atoms with Gasteiger partial charge in [0.15, 0.2) is 12.6 Å². The SMILES string of the molecule is CC(=O)CCP1(=O)Oc2ccccc2-c2ccccc21.CC[C@H]1O[C@H](OC[C@@H](OC)[C@@H](OC)[C@H](OC)[C@@H](COC)OC)[C@H](OC)[C@@H](OC)[C@@H]1C.COC(=O)CCP1(=O)Oc2ccccc2-c2ccccc21.O=CO[O-].OC[C@@H](O)[C@@H](O)[C@H](O)[C@H](O)CO[C@H]1O[C@H](CO)[C@@H](O)[C@H](O)[C@H]1O.[H-].[K+].[K+]. The van der Waals surface area contributed by atoms with Gasteiger partial charge in [-0.2, -0.15) is 0 Å². The number of hydrogen-bond acceptors (Lipinski definition) is 30. The minimum Gasteiger partial charge on any atom is -1.00 e. The fourth-order valence-corrected chi connectivity index (χ4v) is 15.8. The second-order valence-corrected chi connectivity index (χ2v) is 27.7. The van der Waals surface area contributed by atoms with Crippen molar-refractivity contribution in [3.63, 3.8) is 0 Å². The molecule has 4 aliphatic heterocycles. The summed E-state index contributed by atoms with van der Waals surface area (Å²) < 4.78 is 104. The van der Waals surface area contributed by atoms with Crippen LogP contribution in [-0.4, -0.2) is 271 Å². The first-order valence-electron chi connectivity index (χ1n) is 31.3. The number of fused-ring (bicyclic) bond motifs is 6. The maximum atomic E-state index is 13.2. The van der Waals surface area contributed by atoms with Crippen molar-refractivity contribution in [1.29, 1.82) is 0 Å². The van der Waals surface area contributed by atoms with E-state index in [1.807, 2.05) is 91.0 Å². The predicted octanol–water partition coefficient (Wildman–Crippen LogP) is -4.85. The molecular weight excluding hydrogens is 1410 g/mol. The van der Waals surface area contributed by atoms with Crippen molar-refractivity contribution in [1.82, 2.24) is 0 Å². The molecule has 8 rings (SSSR count). The number of carbonyl (C=O) groups is 3. The molecule has 20 atom stereocenters. The molecule has 34 heteroatoms. The van der Waals surface area contributed by atoms with Crippen molar-refractivity contribution in [2.45, 2.75) is 144 Å². The van der Waals surface area contributed by atoms with Crippen molar-refractivity contribution < 1.29 is 250 Å². The summed E-state index contributed by atoms with van der Waals surface area (Å²) >= 11 is 0. The molecular formula is C66H98K2O30P2. The first-order valence-corrected chi connectivity index (χ1v) is 34.9. The molecule has 30 nitrogen and oxygen atoms in total. The molecule has 0 amide bonds. The van der Waals surface area contributed by atoms with E-state index in [9.17, 15) is 54.5 Å². The van der Waals surface area contributed by atoms with Crippen LogP contribution >= 0.6 is 14.7 Å². The molecule has 9 N–H and O–H groups in total. The summed E-state index contributed by atoms with van der Waals surface area (Å²) in [7, 11) is 6.56. The van der Waals surface area contributed by atoms with Crippen molar-refractivity contribution in [3.8, 4) is 33.8 Å². The summed E-state index contributed by atoms with van der Waals surface area (Å²) in [5.41, 5.74) is 3.74. The zero-order chi connectivity index (χ0) is 72.9. The molecule has 4 aromatic carbocycles. The van der Waals surface area contributed by atoms with Crippen LogP contribution in [0.1, 0.15) is 41.5 Å². The second-order valence-electron chi connectivity index (χ2n) is 22.8. The summed E-state index contributed by atoms with van der Waals surface area (Å²) in [4.78, 5) is 33.8. The van der Waals surface area contributed by atoms with Gasteiger partial charge in [0.05, 0.1) is 69.4 Å². The Morgan fingerprint density at radius 1 is 0.590 bits per heavy atom. The standard InChI is InChI=1S/C21H42O9.C16H15O4P.C16H15O3P.C12H24O11.CH2O3.2K.H/c1-10-14-13(2)17(25-6)20(28-9)21(30-14)29-12-16(24-5)19(27-8)18(26-7)15(23-4)11-22-3;1-19-16(17)10-11-21(18)15-9-5-3-7-13(15)12-6-2-4-8-14(12)20-21;1-12(17)10-11-20(18)16-9-5-3-7-14(16)13-6-2-4-8-15(13)19-20;13-1-4(15)7(17)8(18)5(16)3-22-12-11(21)10(20)9(19)6(2-14)23-12;2-1-4-3;;;/h13-21H,10-12H2,1-9H3;2-9H,10-11H2,1H3;2-9H,10-11H2,1H3;4-21H,1-3H2;1,3H;;;/q;;;;;2*+1;-1/p-1/t13-,14-,15-,16-,17+,18-,19-,20-,21+;;;4-,5-,6-,7-,8-,9-,10+,11-,12+;;;;/m1..1..../s1. The Morgan fingerprint density at radius 3 is 1.45 bits per heavy atom. The molecule has 4 heterocycles. The summed E-state index contributed by atoms with van der Waals surface area (Å²) in [5, 5.41) is 94.2. The number of benzene rings is 4. The first kappa shape index (κ1) is 94.1. The average molecular weight is 1510 g/mol. The van der Waals surface area contributed by atoms with E-state index in [1.165, 1.54) is 14.0 Å². The normalized spacial score (nSPS) is 26.1. The number of esters is 1. The van der Waals surface area contributed by atoms with Crippen molar-refractivity contribution in [2.75, 3.05) is 102 Å². The van der Waals surface area contributed by atoms with Crippen LogP contribution in [0.5, 0.6) is 11.5 Å². The average Bonchev–Trinajstić information content (AvgIpc) is 0.760. The molecule has 0 aromatic heterocycles. The van der Waals surface area contributed by atoms with E-state index < -0.39 is 114 Å². The minimum absolute atomic E-state index is 0. The van der Waals surface area contributed by atoms with Gasteiger partial charge in [0.1, 0.15) is 96.6 Å². The Morgan fingerprint density at radius 2 is 1.03 bits per heavy atom. The molecule has 554 valence electrons. The molecule has 0 aliphatic carbocycles. The zero-order valence-electron chi connectivity index (χ0n) is 59.8. The Hall–Kier alpha value is -2.02. The van der Waals surface area contributed by atoms with Gasteiger partial charge in [0, 0.05) is 85.6 Å². The van der Waals surface area contributed by atoms with E-state index in [1.54, 1.807) is 55.8 Å². The van der Waals surface area contributed by atoms with Gasteiger partial charge in [-0.15, -0.1) is 0 Å². The molecule has 2 saturated heterocycles. The summed E-state index contributed by atoms with van der Waals surface area (Å²) in [5.74, 6) is 1.07. The summed E-state index contributed by atoms with van der Waals surface area (Å²) in [6.45, 7) is 3.93. The fourth-order valence-electron chi connectivity index (χ4n) is 11.2. The van der Waals surface area contributed by atoms with Crippen LogP contribution in [0.4, 0.5) is 0 Å². The zero-order valence-corrected chi connectivity index (χ0v) is 66.8. The largest absolute Gasteiger partial charge is 1.00 e. The monoisotopic (exact) mass is 1510 g/mol. The van der Waals surface area contributed by atoms with E-state index in [2.05, 4.69) is 23.5 Å². The van der Waals surface area contributed by atoms with Gasteiger partial charge in [-0.25, -0.2) is 0 Å². The first-order chi connectivity index (χ1) is 46.9. The molecule has 0 spiro atoms. The van der Waals surface area contributed by atoms with Gasteiger partial charge >= 0.3 is 109 Å². The maximum absolute atomic E-state index is 13.2. The number of rotatable bonds is 30. The Bertz CT molecular complexity index is 3110. The predicted molar refractivity (Wildman–Crippen MR) is 351 cm³/mol. The Labute approximate surface area is 669 Å². The number of ether oxygens (including phenoxy) is 12. The van der Waals surface area contributed by atoms with Crippen LogP contribution in [0.3, 0.4) is 0 Å². The smallest absolute Gasteiger partial charge is 1.00 e. The van der Waals surface area contributed by atoms with Gasteiger partial charge < -0.3 is 128 Å². The van der Waals surface area contributed by atoms with Crippen LogP contribution in [0, 0.1) is 5.92 Å². The van der Waals surface area contributed by atoms with E-state index in [-0.39, 0.29) is 185 Å². The number of para-hydroxylation sites is 2. The third-order valence-corrected chi connectivity index (χ3v) is 21.4. The molecule has 100 heavy (non-hydrogen) atoms. The van der Waals surface area contributed by atoms with E-state index in [0.717, 1.165) is 34.0 Å². The van der Waals surface area contributed by atoms with Gasteiger partial charge in [-0.3, -0.25) is 18.7 Å². The van der Waals surface area contributed by atoms with Gasteiger partial charge in [0.2, 0.25) is 0 Å². The van der Waals surface area contributed by atoms with Gasteiger partial charge in [-0.05, 0) is 48.7 Å². The van der Waals surface area contributed by atoms with Crippen LogP contribution in [0.25, 0.3) is 22.3 Å². The number of Topliss-reactive ketones (excluding diaryl/α,β-unsaturated/α-hetero) is 1. The number of aliphatic hydroxyl groups is 9. The van der Waals surface area contributed by atoms with Crippen LogP contribution < -0.4 is 128 Å². The minimum atomic E-state index is -3.10. The number of methoxy groups -OCH3 is 8. The van der Waals surface area contributed by atoms with E-state index in [0.29, 0.717) is 23.4 Å². The van der Waals surface area contributed by atoms with Crippen molar-refractivity contribution >= 4 is 43.6 Å². The number of aliphatic hydroxyl groups excluding tert-OH is 9. The summed E-state index contributed by atoms with van der Waals surface area (Å²) in [6, 6.07) is 30.2. The fraction of sp³-hybridized carbons (Fsp3) is 0.591. The van der Waals surface area contributed by atoms with E-state index >= 15 is 0 Å². The molecule has 2 unspecified atom stereocenters. The third-order valence-electron chi connectivity index (χ3n) is 16.5. The molecule has 0 saturated carbocycles. The molecule has 0 radical (unpaired) electrons. The van der Waals surface area contributed by atoms with Crippen LogP contribution in [-0.2, 0) is 85.2 Å². The van der Waals surface area contributed by atoms with Gasteiger partial charge in [-0.1, -0.05) is 86.6 Å².